The second-order valence-electron chi connectivity index (χ2n) is 7.87. The minimum Gasteiger partial charge on any atom is -0.354 e. The normalized spacial score (nSPS) is 20.7. The lowest BCUT2D eigenvalue weighted by molar-refractivity contribution is 0.184. The first-order valence-corrected chi connectivity index (χ1v) is 10.9. The number of hydrogen-bond donors (Lipinski definition) is 1. The molecule has 3 atom stereocenters. The molecule has 1 aliphatic heterocycles. The highest BCUT2D eigenvalue weighted by atomic mass is 127. The average molecular weight is 524 g/mol. The lowest BCUT2D eigenvalue weighted by Gasteiger charge is -2.40. The fourth-order valence-corrected chi connectivity index (χ4v) is 4.41. The Labute approximate surface area is 198 Å². The summed E-state index contributed by atoms with van der Waals surface area (Å²) in [4.78, 5) is 13.8. The number of nitrogens with zero attached hydrogens (tertiary/aromatic N) is 5. The number of nitrogens with one attached hydrogen (secondary N) is 1. The molecule has 2 heterocycles. The molecule has 0 aliphatic carbocycles. The monoisotopic (exact) mass is 524 g/mol. The molecule has 0 bridgehead atoms. The molecule has 0 radical (unpaired) electrons. The van der Waals surface area contributed by atoms with Gasteiger partial charge in [-0.2, -0.15) is 0 Å². The van der Waals surface area contributed by atoms with Gasteiger partial charge < -0.3 is 14.8 Å². The van der Waals surface area contributed by atoms with Gasteiger partial charge in [0.2, 0.25) is 0 Å². The average Bonchev–Trinajstić information content (AvgIpc) is 3.29. The van der Waals surface area contributed by atoms with Crippen LogP contribution in [0.25, 0.3) is 0 Å². The van der Waals surface area contributed by atoms with Crippen LogP contribution in [-0.2, 0) is 0 Å². The molecule has 0 spiro atoms. The third-order valence-electron chi connectivity index (χ3n) is 6.23. The van der Waals surface area contributed by atoms with E-state index in [-0.39, 0.29) is 24.0 Å². The molecule has 0 amide bonds. The van der Waals surface area contributed by atoms with E-state index < -0.39 is 0 Å². The van der Waals surface area contributed by atoms with Gasteiger partial charge >= 0.3 is 0 Å². The van der Waals surface area contributed by atoms with Crippen molar-refractivity contribution in [2.45, 2.75) is 39.3 Å². The Bertz CT molecular complexity index is 744. The predicted molar refractivity (Wildman–Crippen MR) is 135 cm³/mol. The molecule has 7 heteroatoms. The van der Waals surface area contributed by atoms with Gasteiger partial charge in [-0.05, 0) is 31.0 Å². The van der Waals surface area contributed by atoms with Crippen molar-refractivity contribution in [3.05, 3.63) is 54.6 Å². The second kappa shape index (κ2) is 12.3. The first-order valence-electron chi connectivity index (χ1n) is 10.9. The highest BCUT2D eigenvalue weighted by molar-refractivity contribution is 14.0. The summed E-state index contributed by atoms with van der Waals surface area (Å²) in [6.45, 7) is 11.7. The maximum Gasteiger partial charge on any atom is 0.193 e. The van der Waals surface area contributed by atoms with E-state index in [4.69, 9.17) is 0 Å². The highest BCUT2D eigenvalue weighted by Gasteiger charge is 2.29. The van der Waals surface area contributed by atoms with E-state index in [9.17, 15) is 0 Å². The van der Waals surface area contributed by atoms with Gasteiger partial charge in [0.25, 0.3) is 0 Å². The molecule has 0 saturated carbocycles. The Morgan fingerprint density at radius 1 is 1.27 bits per heavy atom. The van der Waals surface area contributed by atoms with Crippen LogP contribution < -0.4 is 5.32 Å². The number of hydrogen-bond acceptors (Lipinski definition) is 3. The predicted octanol–water partition coefficient (Wildman–Crippen LogP) is 4.04. The quantitative estimate of drug-likeness (QED) is 0.338. The molecule has 6 nitrogen and oxygen atoms in total. The Morgan fingerprint density at radius 2 is 2.00 bits per heavy atom. The second-order valence-corrected chi connectivity index (χ2v) is 7.87. The highest BCUT2D eigenvalue weighted by Crippen LogP contribution is 2.27. The molecule has 1 aromatic heterocycles. The summed E-state index contributed by atoms with van der Waals surface area (Å²) in [6, 6.07) is 11.6. The molecule has 1 aliphatic rings. The van der Waals surface area contributed by atoms with E-state index in [2.05, 4.69) is 87.0 Å². The number of aromatic nitrogens is 2. The van der Waals surface area contributed by atoms with Crippen molar-refractivity contribution in [2.24, 2.45) is 10.9 Å². The molecule has 2 aromatic rings. The van der Waals surface area contributed by atoms with Gasteiger partial charge in [-0.15, -0.1) is 24.0 Å². The van der Waals surface area contributed by atoms with Gasteiger partial charge in [-0.25, -0.2) is 4.98 Å². The summed E-state index contributed by atoms with van der Waals surface area (Å²) in [5, 5.41) is 3.68. The van der Waals surface area contributed by atoms with Crippen molar-refractivity contribution in [1.29, 1.82) is 0 Å². The van der Waals surface area contributed by atoms with Crippen LogP contribution in [0.5, 0.6) is 0 Å². The number of imidazole rings is 1. The van der Waals surface area contributed by atoms with Crippen molar-refractivity contribution in [1.82, 2.24) is 24.7 Å². The number of likely N-dealkylation sites (N-methyl/N-ethyl adjacent to an activating group) is 1. The van der Waals surface area contributed by atoms with Crippen LogP contribution in [0, 0.1) is 5.92 Å². The lowest BCUT2D eigenvalue weighted by atomic mass is 9.93. The Hall–Kier alpha value is -1.61. The molecule has 166 valence electrons. The Balaban J connectivity index is 0.00000320. The Morgan fingerprint density at radius 3 is 2.60 bits per heavy atom. The van der Waals surface area contributed by atoms with E-state index in [1.54, 1.807) is 0 Å². The summed E-state index contributed by atoms with van der Waals surface area (Å²) in [5.74, 6) is 1.63. The fraction of sp³-hybridized carbons (Fsp3) is 0.565. The van der Waals surface area contributed by atoms with Crippen molar-refractivity contribution in [3.8, 4) is 0 Å². The van der Waals surface area contributed by atoms with Gasteiger partial charge in [0, 0.05) is 39.1 Å². The van der Waals surface area contributed by atoms with Gasteiger partial charge in [-0.3, -0.25) is 9.89 Å². The maximum absolute atomic E-state index is 4.62. The van der Waals surface area contributed by atoms with Crippen molar-refractivity contribution >= 4 is 29.9 Å². The summed E-state index contributed by atoms with van der Waals surface area (Å²) in [5.41, 5.74) is 1.35. The molecule has 30 heavy (non-hydrogen) atoms. The zero-order valence-electron chi connectivity index (χ0n) is 18.7. The molecule has 3 rings (SSSR count). The van der Waals surface area contributed by atoms with Crippen LogP contribution in [0.3, 0.4) is 0 Å². The number of aliphatic imine (C=N–C) groups is 1. The van der Waals surface area contributed by atoms with E-state index in [1.165, 1.54) is 5.56 Å². The molecule has 1 fully saturated rings. The molecular weight excluding hydrogens is 487 g/mol. The first kappa shape index (κ1) is 24.7. The molecule has 1 saturated heterocycles. The lowest BCUT2D eigenvalue weighted by Crippen LogP contribution is -2.50. The molecule has 1 N–H and O–H groups in total. The number of piperidine rings is 1. The SMILES string of the molecule is CCN(CC)C(CNC(=NC)N1CCC(C)C(n2ccnc2)C1)c1ccccc1.I. The zero-order valence-corrected chi connectivity index (χ0v) is 21.1. The number of rotatable bonds is 7. The topological polar surface area (TPSA) is 48.7 Å². The van der Waals surface area contributed by atoms with E-state index in [1.807, 2.05) is 19.6 Å². The summed E-state index contributed by atoms with van der Waals surface area (Å²) in [7, 11) is 1.89. The smallest absolute Gasteiger partial charge is 0.193 e. The number of halogens is 1. The van der Waals surface area contributed by atoms with Crippen molar-refractivity contribution in [2.75, 3.05) is 39.8 Å². The van der Waals surface area contributed by atoms with Crippen molar-refractivity contribution < 1.29 is 0 Å². The Kier molecular flexibility index (Phi) is 10.1. The van der Waals surface area contributed by atoms with Crippen LogP contribution in [0.15, 0.2) is 54.0 Å². The van der Waals surface area contributed by atoms with Gasteiger partial charge in [0.1, 0.15) is 0 Å². The molecule has 1 aromatic carbocycles. The number of guanidine groups is 1. The number of benzene rings is 1. The van der Waals surface area contributed by atoms with Crippen LogP contribution in [0.1, 0.15) is 44.8 Å². The zero-order chi connectivity index (χ0) is 20.6. The third kappa shape index (κ3) is 5.97. The van der Waals surface area contributed by atoms with Gasteiger partial charge in [0.05, 0.1) is 18.4 Å². The minimum absolute atomic E-state index is 0. The van der Waals surface area contributed by atoms with Gasteiger partial charge in [-0.1, -0.05) is 51.1 Å². The maximum atomic E-state index is 4.62. The fourth-order valence-electron chi connectivity index (χ4n) is 4.41. The van der Waals surface area contributed by atoms with Crippen LogP contribution in [-0.4, -0.2) is 65.1 Å². The van der Waals surface area contributed by atoms with Crippen LogP contribution in [0.4, 0.5) is 0 Å². The first-order chi connectivity index (χ1) is 14.2. The minimum atomic E-state index is 0. The third-order valence-corrected chi connectivity index (χ3v) is 6.23. The largest absolute Gasteiger partial charge is 0.354 e. The summed E-state index contributed by atoms with van der Waals surface area (Å²) in [6.07, 6.45) is 7.04. The summed E-state index contributed by atoms with van der Waals surface area (Å²) >= 11 is 0. The van der Waals surface area contributed by atoms with E-state index >= 15 is 0 Å². The molecule has 3 unspecified atom stereocenters. The van der Waals surface area contributed by atoms with E-state index in [0.717, 1.165) is 45.1 Å². The standard InChI is InChI=1S/C23H36N6.HI/c1-5-27(6-2)21(20-10-8-7-9-11-20)16-26-23(24-4)28-14-12-19(3)22(17-28)29-15-13-25-18-29;/h7-11,13,15,18-19,21-22H,5-6,12,14,16-17H2,1-4H3,(H,24,26);1H. The van der Waals surface area contributed by atoms with Crippen LogP contribution in [0.2, 0.25) is 0 Å². The van der Waals surface area contributed by atoms with Crippen molar-refractivity contribution in [3.63, 3.8) is 0 Å². The van der Waals surface area contributed by atoms with Gasteiger partial charge in [0.15, 0.2) is 5.96 Å². The van der Waals surface area contributed by atoms with E-state index in [0.29, 0.717) is 18.0 Å². The molecular formula is C23H37IN6. The number of likely N-dealkylation sites (tertiary alicyclic amines) is 1. The van der Waals surface area contributed by atoms with Crippen LogP contribution >= 0.6 is 24.0 Å². The summed E-state index contributed by atoms with van der Waals surface area (Å²) < 4.78 is 2.24.